The molecule has 1 fully saturated rings. The minimum Gasteiger partial charge on any atom is -0.354 e. The van der Waals surface area contributed by atoms with E-state index in [2.05, 4.69) is 16.4 Å². The third-order valence-corrected chi connectivity index (χ3v) is 3.35. The van der Waals surface area contributed by atoms with Gasteiger partial charge in [-0.2, -0.15) is 5.26 Å². The molecule has 78 valence electrons. The van der Waals surface area contributed by atoms with Crippen molar-refractivity contribution in [1.29, 1.82) is 5.26 Å². The maximum Gasteiger partial charge on any atom is 0.240 e. The second kappa shape index (κ2) is 3.99. The number of carbonyl (C=O) groups is 1. The van der Waals surface area contributed by atoms with Gasteiger partial charge in [0.2, 0.25) is 5.91 Å². The van der Waals surface area contributed by atoms with Gasteiger partial charge in [-0.25, -0.2) is 4.98 Å². The Hall–Kier alpha value is -1.41. The van der Waals surface area contributed by atoms with Crippen molar-refractivity contribution in [3.63, 3.8) is 0 Å². The zero-order valence-corrected chi connectivity index (χ0v) is 9.01. The molecule has 0 saturated heterocycles. The molecule has 4 nitrogen and oxygen atoms in total. The maximum absolute atomic E-state index is 11.5. The maximum atomic E-state index is 11.5. The predicted octanol–water partition coefficient (Wildman–Crippen LogP) is 1.11. The number of thiazole rings is 1. The zero-order valence-electron chi connectivity index (χ0n) is 8.19. The number of hydrogen-bond donors (Lipinski definition) is 1. The Bertz CT molecular complexity index is 389. The van der Waals surface area contributed by atoms with E-state index in [1.807, 2.05) is 5.38 Å². The SMILES string of the molecule is N#CC1(C(=O)NCCc2nccs2)CC1. The first-order chi connectivity index (χ1) is 7.27. The molecule has 1 N–H and O–H groups in total. The summed E-state index contributed by atoms with van der Waals surface area (Å²) in [7, 11) is 0. The van der Waals surface area contributed by atoms with Crippen LogP contribution in [-0.2, 0) is 11.2 Å². The van der Waals surface area contributed by atoms with Crippen molar-refractivity contribution in [2.24, 2.45) is 5.41 Å². The number of carbonyl (C=O) groups excluding carboxylic acids is 1. The van der Waals surface area contributed by atoms with Crippen LogP contribution < -0.4 is 5.32 Å². The summed E-state index contributed by atoms with van der Waals surface area (Å²) in [6.07, 6.45) is 3.89. The molecule has 1 saturated carbocycles. The van der Waals surface area contributed by atoms with Gasteiger partial charge in [-0.1, -0.05) is 0 Å². The van der Waals surface area contributed by atoms with Crippen LogP contribution in [0.15, 0.2) is 11.6 Å². The van der Waals surface area contributed by atoms with Crippen molar-refractivity contribution in [2.45, 2.75) is 19.3 Å². The lowest BCUT2D eigenvalue weighted by Crippen LogP contribution is -2.32. The molecule has 1 heterocycles. The molecule has 5 heteroatoms. The number of nitrogens with zero attached hydrogens (tertiary/aromatic N) is 2. The lowest BCUT2D eigenvalue weighted by Gasteiger charge is -2.06. The molecule has 1 aromatic rings. The summed E-state index contributed by atoms with van der Waals surface area (Å²) in [6.45, 7) is 0.565. The van der Waals surface area contributed by atoms with Gasteiger partial charge in [0.1, 0.15) is 5.41 Å². The molecule has 0 aromatic carbocycles. The summed E-state index contributed by atoms with van der Waals surface area (Å²) in [6, 6.07) is 2.07. The first-order valence-corrected chi connectivity index (χ1v) is 5.73. The van der Waals surface area contributed by atoms with Crippen LogP contribution in [0, 0.1) is 16.7 Å². The summed E-state index contributed by atoms with van der Waals surface area (Å²) in [5.74, 6) is -0.124. The minimum absolute atomic E-state index is 0.124. The molecule has 0 aliphatic heterocycles. The molecule has 1 amide bonds. The van der Waals surface area contributed by atoms with Gasteiger partial charge in [-0.3, -0.25) is 4.79 Å². The van der Waals surface area contributed by atoms with Crippen LogP contribution in [0.4, 0.5) is 0 Å². The van der Waals surface area contributed by atoms with E-state index >= 15 is 0 Å². The van der Waals surface area contributed by atoms with Crippen molar-refractivity contribution >= 4 is 17.2 Å². The lowest BCUT2D eigenvalue weighted by molar-refractivity contribution is -0.124. The van der Waals surface area contributed by atoms with Gasteiger partial charge in [-0.15, -0.1) is 11.3 Å². The lowest BCUT2D eigenvalue weighted by atomic mass is 10.1. The fourth-order valence-electron chi connectivity index (χ4n) is 1.34. The summed E-state index contributed by atoms with van der Waals surface area (Å²) in [4.78, 5) is 15.6. The first kappa shape index (κ1) is 10.1. The molecule has 0 radical (unpaired) electrons. The molecule has 1 aromatic heterocycles. The van der Waals surface area contributed by atoms with E-state index < -0.39 is 5.41 Å². The molecule has 0 unspecified atom stereocenters. The van der Waals surface area contributed by atoms with Crippen LogP contribution in [0.3, 0.4) is 0 Å². The van der Waals surface area contributed by atoms with E-state index in [4.69, 9.17) is 5.26 Å². The molecule has 0 atom stereocenters. The average molecular weight is 221 g/mol. The molecule has 1 aliphatic carbocycles. The van der Waals surface area contributed by atoms with Crippen molar-refractivity contribution in [3.8, 4) is 6.07 Å². The van der Waals surface area contributed by atoms with E-state index in [-0.39, 0.29) is 5.91 Å². The largest absolute Gasteiger partial charge is 0.354 e. The van der Waals surface area contributed by atoms with Gasteiger partial charge in [0.25, 0.3) is 0 Å². The summed E-state index contributed by atoms with van der Waals surface area (Å²) >= 11 is 1.58. The van der Waals surface area contributed by atoms with Gasteiger partial charge < -0.3 is 5.32 Å². The second-order valence-electron chi connectivity index (χ2n) is 3.63. The van der Waals surface area contributed by atoms with Crippen LogP contribution >= 0.6 is 11.3 Å². The van der Waals surface area contributed by atoms with Gasteiger partial charge in [0.05, 0.1) is 11.1 Å². The number of nitriles is 1. The molecular weight excluding hydrogens is 210 g/mol. The second-order valence-corrected chi connectivity index (χ2v) is 4.60. The quantitative estimate of drug-likeness (QED) is 0.828. The Kier molecular flexibility index (Phi) is 2.69. The Morgan fingerprint density at radius 1 is 1.73 bits per heavy atom. The summed E-state index contributed by atoms with van der Waals surface area (Å²) in [5, 5.41) is 14.5. The summed E-state index contributed by atoms with van der Waals surface area (Å²) < 4.78 is 0. The highest BCUT2D eigenvalue weighted by Gasteiger charge is 2.50. The van der Waals surface area contributed by atoms with E-state index in [9.17, 15) is 4.79 Å². The third-order valence-electron chi connectivity index (χ3n) is 2.51. The van der Waals surface area contributed by atoms with Crippen molar-refractivity contribution in [2.75, 3.05) is 6.54 Å². The van der Waals surface area contributed by atoms with Gasteiger partial charge in [0.15, 0.2) is 0 Å². The van der Waals surface area contributed by atoms with E-state index in [1.165, 1.54) is 0 Å². The van der Waals surface area contributed by atoms with Crippen LogP contribution in [0.2, 0.25) is 0 Å². The summed E-state index contributed by atoms with van der Waals surface area (Å²) in [5.41, 5.74) is -0.705. The topological polar surface area (TPSA) is 65.8 Å². The Labute approximate surface area is 91.9 Å². The number of rotatable bonds is 4. The normalized spacial score (nSPS) is 16.7. The Morgan fingerprint density at radius 3 is 3.07 bits per heavy atom. The van der Waals surface area contributed by atoms with E-state index in [0.717, 1.165) is 11.4 Å². The van der Waals surface area contributed by atoms with E-state index in [0.29, 0.717) is 19.4 Å². The molecule has 0 spiro atoms. The highest BCUT2D eigenvalue weighted by atomic mass is 32.1. The van der Waals surface area contributed by atoms with Crippen LogP contribution in [0.5, 0.6) is 0 Å². The van der Waals surface area contributed by atoms with Crippen LogP contribution in [0.25, 0.3) is 0 Å². The van der Waals surface area contributed by atoms with Crippen LogP contribution in [-0.4, -0.2) is 17.4 Å². The van der Waals surface area contributed by atoms with Crippen LogP contribution in [0.1, 0.15) is 17.8 Å². The number of amides is 1. The Balaban J connectivity index is 1.75. The van der Waals surface area contributed by atoms with Gasteiger partial charge in [-0.05, 0) is 12.8 Å². The first-order valence-electron chi connectivity index (χ1n) is 4.85. The molecule has 0 bridgehead atoms. The Morgan fingerprint density at radius 2 is 2.53 bits per heavy atom. The minimum atomic E-state index is -0.705. The molecular formula is C10H11N3OS. The fraction of sp³-hybridized carbons (Fsp3) is 0.500. The monoisotopic (exact) mass is 221 g/mol. The molecule has 1 aliphatic rings. The average Bonchev–Trinajstić information content (AvgIpc) is 2.90. The number of aromatic nitrogens is 1. The third kappa shape index (κ3) is 2.16. The fourth-order valence-corrected chi connectivity index (χ4v) is 1.96. The van der Waals surface area contributed by atoms with Gasteiger partial charge in [0, 0.05) is 24.5 Å². The highest BCUT2D eigenvalue weighted by molar-refractivity contribution is 7.09. The van der Waals surface area contributed by atoms with Crippen molar-refractivity contribution < 1.29 is 4.79 Å². The molecule has 15 heavy (non-hydrogen) atoms. The smallest absolute Gasteiger partial charge is 0.240 e. The van der Waals surface area contributed by atoms with Crippen molar-refractivity contribution in [3.05, 3.63) is 16.6 Å². The molecule has 2 rings (SSSR count). The zero-order chi connectivity index (χ0) is 10.7. The van der Waals surface area contributed by atoms with E-state index in [1.54, 1.807) is 17.5 Å². The standard InChI is InChI=1S/C10H11N3OS/c11-7-10(2-3-10)9(14)13-4-1-8-12-5-6-15-8/h5-6H,1-4H2,(H,13,14). The van der Waals surface area contributed by atoms with Crippen molar-refractivity contribution in [1.82, 2.24) is 10.3 Å². The number of hydrogen-bond acceptors (Lipinski definition) is 4. The predicted molar refractivity (Wildman–Crippen MR) is 56.1 cm³/mol. The highest BCUT2D eigenvalue weighted by Crippen LogP contribution is 2.44. The van der Waals surface area contributed by atoms with Gasteiger partial charge >= 0.3 is 0 Å². The number of nitrogens with one attached hydrogen (secondary N) is 1.